The first kappa shape index (κ1) is 16.2. The Kier molecular flexibility index (Phi) is 6.00. The molecule has 5 nitrogen and oxygen atoms in total. The summed E-state index contributed by atoms with van der Waals surface area (Å²) in [6.45, 7) is 4.20. The lowest BCUT2D eigenvalue weighted by atomic mass is 9.94. The van der Waals surface area contributed by atoms with Crippen LogP contribution in [0, 0.1) is 0 Å². The molecule has 0 heterocycles. The molecule has 1 rings (SSSR count). The van der Waals surface area contributed by atoms with Gasteiger partial charge in [0.2, 0.25) is 5.91 Å². The second kappa shape index (κ2) is 7.05. The number of sulfone groups is 1. The van der Waals surface area contributed by atoms with Gasteiger partial charge in [-0.15, -0.1) is 6.58 Å². The SMILES string of the molecule is C=CCNC(=O)CN(C)[C@@H]1CCCC[C@@H]1S(C)(=O)=O. The first-order valence-electron chi connectivity index (χ1n) is 6.63. The van der Waals surface area contributed by atoms with Gasteiger partial charge in [-0.3, -0.25) is 9.69 Å². The summed E-state index contributed by atoms with van der Waals surface area (Å²) in [6, 6.07) is -0.0572. The normalized spacial score (nSPS) is 24.2. The fraction of sp³-hybridized carbons (Fsp3) is 0.769. The number of nitrogens with zero attached hydrogens (tertiary/aromatic N) is 1. The molecule has 1 N–H and O–H groups in total. The summed E-state index contributed by atoms with van der Waals surface area (Å²) in [5, 5.41) is 2.36. The highest BCUT2D eigenvalue weighted by molar-refractivity contribution is 7.91. The summed E-state index contributed by atoms with van der Waals surface area (Å²) in [5.41, 5.74) is 0. The largest absolute Gasteiger partial charge is 0.352 e. The van der Waals surface area contributed by atoms with Crippen LogP contribution in [0.25, 0.3) is 0 Å². The molecule has 0 aliphatic heterocycles. The third-order valence-electron chi connectivity index (χ3n) is 3.62. The van der Waals surface area contributed by atoms with Gasteiger partial charge in [-0.2, -0.15) is 0 Å². The molecule has 1 amide bonds. The van der Waals surface area contributed by atoms with Crippen molar-refractivity contribution in [3.63, 3.8) is 0 Å². The summed E-state index contributed by atoms with van der Waals surface area (Å²) >= 11 is 0. The lowest BCUT2D eigenvalue weighted by Crippen LogP contribution is -2.49. The van der Waals surface area contributed by atoms with Crippen LogP contribution < -0.4 is 5.32 Å². The van der Waals surface area contributed by atoms with Gasteiger partial charge in [0.1, 0.15) is 0 Å². The van der Waals surface area contributed by atoms with Crippen LogP contribution in [-0.2, 0) is 14.6 Å². The molecule has 1 aliphatic rings. The predicted octanol–water partition coefficient (Wildman–Crippen LogP) is 0.576. The van der Waals surface area contributed by atoms with Crippen molar-refractivity contribution in [2.45, 2.75) is 37.0 Å². The van der Waals surface area contributed by atoms with Crippen molar-refractivity contribution in [3.05, 3.63) is 12.7 Å². The first-order chi connectivity index (χ1) is 8.86. The number of rotatable bonds is 6. The molecule has 1 aliphatic carbocycles. The van der Waals surface area contributed by atoms with E-state index in [2.05, 4.69) is 11.9 Å². The van der Waals surface area contributed by atoms with Gasteiger partial charge < -0.3 is 5.32 Å². The maximum absolute atomic E-state index is 11.8. The Labute approximate surface area is 116 Å². The third-order valence-corrected chi connectivity index (χ3v) is 5.27. The van der Waals surface area contributed by atoms with E-state index in [4.69, 9.17) is 0 Å². The van der Waals surface area contributed by atoms with Crippen LogP contribution in [0.1, 0.15) is 25.7 Å². The molecule has 6 heteroatoms. The van der Waals surface area contributed by atoms with Crippen LogP contribution >= 0.6 is 0 Å². The molecule has 1 saturated carbocycles. The Morgan fingerprint density at radius 3 is 2.63 bits per heavy atom. The number of carbonyl (C=O) groups is 1. The summed E-state index contributed by atoms with van der Waals surface area (Å²) in [5.74, 6) is -0.0970. The Bertz CT molecular complexity index is 420. The van der Waals surface area contributed by atoms with Gasteiger partial charge in [-0.1, -0.05) is 18.9 Å². The molecular formula is C13H24N2O3S. The van der Waals surface area contributed by atoms with Crippen molar-refractivity contribution >= 4 is 15.7 Å². The number of hydrogen-bond acceptors (Lipinski definition) is 4. The Hall–Kier alpha value is -0.880. The Balaban J connectivity index is 2.64. The minimum atomic E-state index is -3.06. The van der Waals surface area contributed by atoms with E-state index in [0.717, 1.165) is 19.3 Å². The maximum atomic E-state index is 11.8. The molecule has 0 saturated heterocycles. The van der Waals surface area contributed by atoms with Gasteiger partial charge >= 0.3 is 0 Å². The highest BCUT2D eigenvalue weighted by Gasteiger charge is 2.35. The number of likely N-dealkylation sites (N-methyl/N-ethyl adjacent to an activating group) is 1. The fourth-order valence-corrected chi connectivity index (χ4v) is 4.18. The zero-order chi connectivity index (χ0) is 14.5. The highest BCUT2D eigenvalue weighted by atomic mass is 32.2. The van der Waals surface area contributed by atoms with Crippen molar-refractivity contribution in [2.75, 3.05) is 26.4 Å². The van der Waals surface area contributed by atoms with Crippen molar-refractivity contribution in [3.8, 4) is 0 Å². The van der Waals surface area contributed by atoms with Crippen LogP contribution in [0.15, 0.2) is 12.7 Å². The van der Waals surface area contributed by atoms with E-state index in [1.807, 2.05) is 11.9 Å². The highest BCUT2D eigenvalue weighted by Crippen LogP contribution is 2.27. The molecule has 0 aromatic heterocycles. The van der Waals surface area contributed by atoms with Crippen LogP contribution in [0.5, 0.6) is 0 Å². The molecule has 1 fully saturated rings. The van der Waals surface area contributed by atoms with Gasteiger partial charge in [-0.25, -0.2) is 8.42 Å². The van der Waals surface area contributed by atoms with Crippen molar-refractivity contribution in [2.24, 2.45) is 0 Å². The quantitative estimate of drug-likeness (QED) is 0.726. The molecule has 0 aromatic carbocycles. The van der Waals surface area contributed by atoms with Crippen LogP contribution in [0.2, 0.25) is 0 Å². The van der Waals surface area contributed by atoms with E-state index in [9.17, 15) is 13.2 Å². The molecule has 0 radical (unpaired) electrons. The van der Waals surface area contributed by atoms with E-state index >= 15 is 0 Å². The first-order valence-corrected chi connectivity index (χ1v) is 8.58. The number of amides is 1. The minimum absolute atomic E-state index is 0.0572. The summed E-state index contributed by atoms with van der Waals surface area (Å²) < 4.78 is 23.6. The van der Waals surface area contributed by atoms with Crippen molar-refractivity contribution in [1.29, 1.82) is 0 Å². The van der Waals surface area contributed by atoms with Gasteiger partial charge in [0.05, 0.1) is 11.8 Å². The molecule has 19 heavy (non-hydrogen) atoms. The molecule has 0 spiro atoms. The van der Waals surface area contributed by atoms with Crippen LogP contribution in [-0.4, -0.2) is 56.9 Å². The molecule has 0 bridgehead atoms. The average Bonchev–Trinajstić information content (AvgIpc) is 2.35. The van der Waals surface area contributed by atoms with E-state index in [1.165, 1.54) is 6.26 Å². The Morgan fingerprint density at radius 2 is 2.05 bits per heavy atom. The van der Waals surface area contributed by atoms with E-state index in [0.29, 0.717) is 13.0 Å². The van der Waals surface area contributed by atoms with E-state index in [-0.39, 0.29) is 23.7 Å². The van der Waals surface area contributed by atoms with Gasteiger partial charge in [0.25, 0.3) is 0 Å². The number of hydrogen-bond donors (Lipinski definition) is 1. The zero-order valence-corrected chi connectivity index (χ0v) is 12.6. The maximum Gasteiger partial charge on any atom is 0.234 e. The topological polar surface area (TPSA) is 66.5 Å². The van der Waals surface area contributed by atoms with Gasteiger partial charge in [0.15, 0.2) is 9.84 Å². The predicted molar refractivity (Wildman–Crippen MR) is 76.7 cm³/mol. The van der Waals surface area contributed by atoms with Gasteiger partial charge in [0, 0.05) is 18.8 Å². The third kappa shape index (κ3) is 4.95. The zero-order valence-electron chi connectivity index (χ0n) is 11.8. The average molecular weight is 288 g/mol. The van der Waals surface area contributed by atoms with E-state index < -0.39 is 9.84 Å². The second-order valence-corrected chi connectivity index (χ2v) is 7.49. The summed E-state index contributed by atoms with van der Waals surface area (Å²) in [6.07, 6.45) is 6.42. The number of nitrogens with one attached hydrogen (secondary N) is 1. The lowest BCUT2D eigenvalue weighted by Gasteiger charge is -2.36. The lowest BCUT2D eigenvalue weighted by molar-refractivity contribution is -0.122. The minimum Gasteiger partial charge on any atom is -0.352 e. The fourth-order valence-electron chi connectivity index (χ4n) is 2.67. The number of carbonyl (C=O) groups excluding carboxylic acids is 1. The summed E-state index contributed by atoms with van der Waals surface area (Å²) in [4.78, 5) is 13.5. The smallest absolute Gasteiger partial charge is 0.234 e. The molecule has 2 atom stereocenters. The van der Waals surface area contributed by atoms with E-state index in [1.54, 1.807) is 6.08 Å². The van der Waals surface area contributed by atoms with Gasteiger partial charge in [-0.05, 0) is 19.9 Å². The van der Waals surface area contributed by atoms with Crippen LogP contribution in [0.3, 0.4) is 0 Å². The summed E-state index contributed by atoms with van der Waals surface area (Å²) in [7, 11) is -1.24. The standard InChI is InChI=1S/C13H24N2O3S/c1-4-9-14-13(16)10-15(2)11-7-5-6-8-12(11)19(3,17)18/h4,11-12H,1,5-10H2,2-3H3,(H,14,16)/t11-,12+/m1/s1. The second-order valence-electron chi connectivity index (χ2n) is 5.23. The van der Waals surface area contributed by atoms with Crippen molar-refractivity contribution < 1.29 is 13.2 Å². The molecule has 0 aromatic rings. The monoisotopic (exact) mass is 288 g/mol. The Morgan fingerprint density at radius 1 is 1.42 bits per heavy atom. The van der Waals surface area contributed by atoms with Crippen molar-refractivity contribution in [1.82, 2.24) is 10.2 Å². The molecular weight excluding hydrogens is 264 g/mol. The molecule has 110 valence electrons. The van der Waals surface area contributed by atoms with Crippen LogP contribution in [0.4, 0.5) is 0 Å². The molecule has 0 unspecified atom stereocenters.